The molecule has 1 aromatic heterocycles. The molecule has 4 rings (SSSR count). The van der Waals surface area contributed by atoms with Gasteiger partial charge in [0.1, 0.15) is 17.5 Å². The first-order chi connectivity index (χ1) is 17.9. The quantitative estimate of drug-likeness (QED) is 0.421. The Balaban J connectivity index is 1.41. The van der Waals surface area contributed by atoms with Gasteiger partial charge in [0.25, 0.3) is 0 Å². The van der Waals surface area contributed by atoms with Crippen molar-refractivity contribution < 1.29 is 23.8 Å². The van der Waals surface area contributed by atoms with Crippen LogP contribution >= 0.6 is 23.2 Å². The van der Waals surface area contributed by atoms with Crippen molar-refractivity contribution in [2.45, 2.75) is 58.2 Å². The molecule has 0 saturated carbocycles. The number of rotatable bonds is 5. The van der Waals surface area contributed by atoms with Gasteiger partial charge in [-0.2, -0.15) is 0 Å². The number of amides is 1. The molecule has 2 unspecified atom stereocenters. The van der Waals surface area contributed by atoms with Crippen molar-refractivity contribution >= 4 is 41.1 Å². The Morgan fingerprint density at radius 1 is 1.05 bits per heavy atom. The van der Waals surface area contributed by atoms with Crippen LogP contribution in [0.1, 0.15) is 50.7 Å². The lowest BCUT2D eigenvalue weighted by Gasteiger charge is -2.37. The molecule has 2 aromatic rings. The molecular weight excluding hydrogens is 529 g/mol. The highest BCUT2D eigenvalue weighted by molar-refractivity contribution is 6.37. The molecule has 10 heteroatoms. The Bertz CT molecular complexity index is 1150. The summed E-state index contributed by atoms with van der Waals surface area (Å²) >= 11 is 12.7. The van der Waals surface area contributed by atoms with Gasteiger partial charge in [0.2, 0.25) is 0 Å². The van der Waals surface area contributed by atoms with Gasteiger partial charge in [-0.3, -0.25) is 4.79 Å². The fourth-order valence-electron chi connectivity index (χ4n) is 5.04. The van der Waals surface area contributed by atoms with Crippen LogP contribution in [0.2, 0.25) is 10.0 Å². The van der Waals surface area contributed by atoms with Crippen LogP contribution in [-0.2, 0) is 14.3 Å². The molecule has 1 aromatic carbocycles. The molecule has 2 aliphatic rings. The second-order valence-electron chi connectivity index (χ2n) is 10.9. The molecule has 2 saturated heterocycles. The highest BCUT2D eigenvalue weighted by Crippen LogP contribution is 2.37. The van der Waals surface area contributed by atoms with Crippen molar-refractivity contribution in [3.05, 3.63) is 51.6 Å². The van der Waals surface area contributed by atoms with Crippen LogP contribution in [0.15, 0.2) is 30.5 Å². The second-order valence-corrected chi connectivity index (χ2v) is 11.7. The summed E-state index contributed by atoms with van der Waals surface area (Å²) in [5.41, 5.74) is 1.32. The summed E-state index contributed by atoms with van der Waals surface area (Å²) in [7, 11) is 1.37. The van der Waals surface area contributed by atoms with E-state index in [0.717, 1.165) is 29.9 Å². The van der Waals surface area contributed by atoms with E-state index in [9.17, 15) is 9.59 Å². The Hall–Kier alpha value is -2.71. The molecule has 38 heavy (non-hydrogen) atoms. The van der Waals surface area contributed by atoms with Gasteiger partial charge in [-0.25, -0.2) is 9.78 Å². The molecule has 0 N–H and O–H groups in total. The lowest BCUT2D eigenvalue weighted by molar-refractivity contribution is -0.148. The van der Waals surface area contributed by atoms with Gasteiger partial charge in [-0.1, -0.05) is 29.3 Å². The molecule has 0 aliphatic carbocycles. The standard InChI is InChI=1S/C28H35Cl2N3O5/c1-17-12-22(29)25(23(30)13-17)37-19-8-10-32(15-19)24-7-6-18(14-31-24)20-9-11-33(16-21(20)26(34)36-5)27(35)38-28(2,3)4/h6-7,12-14,19-21H,8-11,15-16H2,1-5H3/t19-,20?,21?/m0/s1. The second kappa shape index (κ2) is 11.6. The van der Waals surface area contributed by atoms with Crippen LogP contribution < -0.4 is 9.64 Å². The number of anilines is 1. The number of piperidine rings is 1. The van der Waals surface area contributed by atoms with E-state index >= 15 is 0 Å². The summed E-state index contributed by atoms with van der Waals surface area (Å²) in [4.78, 5) is 33.7. The fourth-order valence-corrected chi connectivity index (χ4v) is 5.72. The fraction of sp³-hybridized carbons (Fsp3) is 0.536. The minimum absolute atomic E-state index is 0.0601. The molecule has 8 nitrogen and oxygen atoms in total. The summed E-state index contributed by atoms with van der Waals surface area (Å²) < 4.78 is 16.7. The Labute approximate surface area is 234 Å². The van der Waals surface area contributed by atoms with Crippen molar-refractivity contribution in [2.75, 3.05) is 38.2 Å². The number of aromatic nitrogens is 1. The molecule has 2 fully saturated rings. The van der Waals surface area contributed by atoms with E-state index in [2.05, 4.69) is 4.90 Å². The molecule has 0 radical (unpaired) electrons. The topological polar surface area (TPSA) is 81.2 Å². The molecule has 0 bridgehead atoms. The molecule has 0 spiro atoms. The van der Waals surface area contributed by atoms with Crippen LogP contribution in [0.25, 0.3) is 0 Å². The van der Waals surface area contributed by atoms with E-state index in [1.54, 1.807) is 4.90 Å². The summed E-state index contributed by atoms with van der Waals surface area (Å²) in [5.74, 6) is 0.397. The number of halogens is 2. The van der Waals surface area contributed by atoms with Crippen molar-refractivity contribution in [3.63, 3.8) is 0 Å². The average Bonchev–Trinajstić information content (AvgIpc) is 3.33. The minimum atomic E-state index is -0.604. The van der Waals surface area contributed by atoms with Crippen molar-refractivity contribution in [1.82, 2.24) is 9.88 Å². The lowest BCUT2D eigenvalue weighted by Crippen LogP contribution is -2.47. The number of benzene rings is 1. The largest absolute Gasteiger partial charge is 0.485 e. The Kier molecular flexibility index (Phi) is 8.62. The number of likely N-dealkylation sites (tertiary alicyclic amines) is 1. The monoisotopic (exact) mass is 563 g/mol. The Morgan fingerprint density at radius 3 is 2.37 bits per heavy atom. The summed E-state index contributed by atoms with van der Waals surface area (Å²) in [5, 5.41) is 1.02. The summed E-state index contributed by atoms with van der Waals surface area (Å²) in [6.07, 6.45) is 2.77. The van der Waals surface area contributed by atoms with E-state index in [-0.39, 0.29) is 24.5 Å². The first-order valence-electron chi connectivity index (χ1n) is 12.8. The predicted octanol–water partition coefficient (Wildman–Crippen LogP) is 5.87. The van der Waals surface area contributed by atoms with Gasteiger partial charge in [0, 0.05) is 38.2 Å². The lowest BCUT2D eigenvalue weighted by atomic mass is 9.81. The van der Waals surface area contributed by atoms with Gasteiger partial charge in [0.15, 0.2) is 5.75 Å². The number of ether oxygens (including phenoxy) is 3. The van der Waals surface area contributed by atoms with Crippen molar-refractivity contribution in [1.29, 1.82) is 0 Å². The number of carbonyl (C=O) groups excluding carboxylic acids is 2. The van der Waals surface area contributed by atoms with Gasteiger partial charge >= 0.3 is 12.1 Å². The predicted molar refractivity (Wildman–Crippen MR) is 147 cm³/mol. The summed E-state index contributed by atoms with van der Waals surface area (Å²) in [6, 6.07) is 7.66. The molecule has 2 aliphatic heterocycles. The van der Waals surface area contributed by atoms with Gasteiger partial charge in [0.05, 0.1) is 29.6 Å². The van der Waals surface area contributed by atoms with Crippen LogP contribution in [0.3, 0.4) is 0 Å². The van der Waals surface area contributed by atoms with E-state index < -0.39 is 17.6 Å². The van der Waals surface area contributed by atoms with Crippen molar-refractivity contribution in [3.8, 4) is 5.75 Å². The van der Waals surface area contributed by atoms with E-state index in [1.165, 1.54) is 7.11 Å². The maximum Gasteiger partial charge on any atom is 0.410 e. The smallest absolute Gasteiger partial charge is 0.410 e. The third-order valence-electron chi connectivity index (χ3n) is 6.86. The first-order valence-corrected chi connectivity index (χ1v) is 13.6. The number of carbonyl (C=O) groups is 2. The normalized spacial score (nSPS) is 21.8. The van der Waals surface area contributed by atoms with Gasteiger partial charge in [-0.15, -0.1) is 0 Å². The number of pyridine rings is 1. The number of hydrogen-bond donors (Lipinski definition) is 0. The van der Waals surface area contributed by atoms with Crippen LogP contribution in [0.4, 0.5) is 10.6 Å². The zero-order valence-corrected chi connectivity index (χ0v) is 24.0. The number of hydrogen-bond acceptors (Lipinski definition) is 7. The highest BCUT2D eigenvalue weighted by atomic mass is 35.5. The maximum atomic E-state index is 12.7. The SMILES string of the molecule is COC(=O)C1CN(C(=O)OC(C)(C)C)CCC1c1ccc(N2CC[C@H](Oc3c(Cl)cc(C)cc3Cl)C2)nc1. The average molecular weight is 565 g/mol. The molecule has 3 atom stereocenters. The van der Waals surface area contributed by atoms with Gasteiger partial charge < -0.3 is 24.0 Å². The van der Waals surface area contributed by atoms with Crippen molar-refractivity contribution in [2.24, 2.45) is 5.92 Å². The minimum Gasteiger partial charge on any atom is -0.485 e. The molecule has 1 amide bonds. The molecule has 3 heterocycles. The van der Waals surface area contributed by atoms with E-state index in [1.807, 2.05) is 58.2 Å². The van der Waals surface area contributed by atoms with Crippen LogP contribution in [0, 0.1) is 12.8 Å². The van der Waals surface area contributed by atoms with Crippen LogP contribution in [-0.4, -0.2) is 66.9 Å². The number of methoxy groups -OCH3 is 1. The molecular formula is C28H35Cl2N3O5. The van der Waals surface area contributed by atoms with E-state index in [0.29, 0.717) is 35.3 Å². The number of esters is 1. The third-order valence-corrected chi connectivity index (χ3v) is 7.42. The van der Waals surface area contributed by atoms with E-state index in [4.69, 9.17) is 42.4 Å². The summed E-state index contributed by atoms with van der Waals surface area (Å²) in [6.45, 7) is 9.58. The first kappa shape index (κ1) is 28.3. The maximum absolute atomic E-state index is 12.7. The molecule has 206 valence electrons. The van der Waals surface area contributed by atoms with Gasteiger partial charge in [-0.05, 0) is 63.4 Å². The number of aryl methyl sites for hydroxylation is 1. The van der Waals surface area contributed by atoms with Crippen LogP contribution in [0.5, 0.6) is 5.75 Å². The number of nitrogens with zero attached hydrogens (tertiary/aromatic N) is 3. The zero-order chi connectivity index (χ0) is 27.6. The Morgan fingerprint density at radius 2 is 1.76 bits per heavy atom. The third kappa shape index (κ3) is 6.64. The highest BCUT2D eigenvalue weighted by Gasteiger charge is 2.39. The zero-order valence-electron chi connectivity index (χ0n) is 22.5.